The van der Waals surface area contributed by atoms with Gasteiger partial charge in [-0.1, -0.05) is 23.7 Å². The second-order valence-electron chi connectivity index (χ2n) is 5.49. The van der Waals surface area contributed by atoms with Crippen molar-refractivity contribution in [3.8, 4) is 5.88 Å². The standard InChI is InChI=1S/C16H20ClN3O.ClH/c17-15-16(20-14-6-2-1-5-13(14)19-15)21-11-3-4-12-7-9-18-10-8-12;/h1-2,5-6,12,18H,3-4,7-11H2;1H. The largest absolute Gasteiger partial charge is 0.475 e. The van der Waals surface area contributed by atoms with E-state index in [4.69, 9.17) is 16.3 Å². The summed E-state index contributed by atoms with van der Waals surface area (Å²) in [5.41, 5.74) is 1.61. The topological polar surface area (TPSA) is 47.0 Å². The number of halogens is 2. The first-order chi connectivity index (χ1) is 10.3. The fourth-order valence-electron chi connectivity index (χ4n) is 2.77. The molecule has 0 saturated carbocycles. The lowest BCUT2D eigenvalue weighted by atomic mass is 9.93. The molecule has 22 heavy (non-hydrogen) atoms. The van der Waals surface area contributed by atoms with Crippen LogP contribution in [-0.2, 0) is 0 Å². The van der Waals surface area contributed by atoms with Crippen LogP contribution in [-0.4, -0.2) is 29.7 Å². The van der Waals surface area contributed by atoms with E-state index in [0.29, 0.717) is 17.6 Å². The molecule has 2 heterocycles. The van der Waals surface area contributed by atoms with Gasteiger partial charge in [-0.3, -0.25) is 0 Å². The van der Waals surface area contributed by atoms with Crippen molar-refractivity contribution in [2.24, 2.45) is 5.92 Å². The molecule has 2 aromatic rings. The molecule has 1 saturated heterocycles. The highest BCUT2D eigenvalue weighted by molar-refractivity contribution is 6.31. The third kappa shape index (κ3) is 4.45. The van der Waals surface area contributed by atoms with Gasteiger partial charge in [0.05, 0.1) is 17.6 Å². The molecule has 0 radical (unpaired) electrons. The van der Waals surface area contributed by atoms with E-state index in [1.54, 1.807) is 0 Å². The summed E-state index contributed by atoms with van der Waals surface area (Å²) in [6, 6.07) is 7.67. The van der Waals surface area contributed by atoms with Crippen LogP contribution in [0.15, 0.2) is 24.3 Å². The summed E-state index contributed by atoms with van der Waals surface area (Å²) in [6.45, 7) is 2.94. The normalized spacial score (nSPS) is 15.5. The molecule has 1 fully saturated rings. The first-order valence-electron chi connectivity index (χ1n) is 7.59. The van der Waals surface area contributed by atoms with Crippen molar-refractivity contribution in [1.82, 2.24) is 15.3 Å². The van der Waals surface area contributed by atoms with Gasteiger partial charge in [0.1, 0.15) is 0 Å². The average Bonchev–Trinajstić information content (AvgIpc) is 2.53. The molecule has 3 rings (SSSR count). The molecular weight excluding hydrogens is 321 g/mol. The van der Waals surface area contributed by atoms with Gasteiger partial charge in [-0.25, -0.2) is 9.97 Å². The van der Waals surface area contributed by atoms with E-state index in [1.807, 2.05) is 24.3 Å². The monoisotopic (exact) mass is 341 g/mol. The lowest BCUT2D eigenvalue weighted by Crippen LogP contribution is -2.27. The number of fused-ring (bicyclic) bond motifs is 1. The maximum Gasteiger partial charge on any atom is 0.252 e. The number of hydrogen-bond donors (Lipinski definition) is 1. The lowest BCUT2D eigenvalue weighted by molar-refractivity contribution is 0.267. The van der Waals surface area contributed by atoms with Gasteiger partial charge in [-0.15, -0.1) is 12.4 Å². The quantitative estimate of drug-likeness (QED) is 0.838. The molecule has 0 aliphatic carbocycles. The van der Waals surface area contributed by atoms with Crippen LogP contribution in [0.25, 0.3) is 11.0 Å². The zero-order chi connectivity index (χ0) is 14.5. The Bertz CT molecular complexity index is 603. The van der Waals surface area contributed by atoms with E-state index in [1.165, 1.54) is 19.3 Å². The Morgan fingerprint density at radius 1 is 1.14 bits per heavy atom. The summed E-state index contributed by atoms with van der Waals surface area (Å²) in [5.74, 6) is 1.27. The van der Waals surface area contributed by atoms with E-state index in [9.17, 15) is 0 Å². The molecule has 1 aromatic heterocycles. The molecule has 120 valence electrons. The van der Waals surface area contributed by atoms with Crippen molar-refractivity contribution in [2.75, 3.05) is 19.7 Å². The van der Waals surface area contributed by atoms with Crippen molar-refractivity contribution in [1.29, 1.82) is 0 Å². The first kappa shape index (κ1) is 17.3. The summed E-state index contributed by atoms with van der Waals surface area (Å²) in [7, 11) is 0. The number of rotatable bonds is 5. The van der Waals surface area contributed by atoms with Gasteiger partial charge in [0.15, 0.2) is 5.15 Å². The van der Waals surface area contributed by atoms with E-state index in [2.05, 4.69) is 15.3 Å². The van der Waals surface area contributed by atoms with E-state index >= 15 is 0 Å². The van der Waals surface area contributed by atoms with Crippen molar-refractivity contribution >= 4 is 35.0 Å². The van der Waals surface area contributed by atoms with Crippen LogP contribution >= 0.6 is 24.0 Å². The summed E-state index contributed by atoms with van der Waals surface area (Å²) in [6.07, 6.45) is 4.79. The number of piperidine rings is 1. The molecule has 1 aromatic carbocycles. The Morgan fingerprint density at radius 2 is 1.82 bits per heavy atom. The first-order valence-corrected chi connectivity index (χ1v) is 7.96. The highest BCUT2D eigenvalue weighted by atomic mass is 35.5. The van der Waals surface area contributed by atoms with Crippen LogP contribution in [0.1, 0.15) is 25.7 Å². The second kappa shape index (κ2) is 8.51. The van der Waals surface area contributed by atoms with Crippen LogP contribution in [0.3, 0.4) is 0 Å². The van der Waals surface area contributed by atoms with Gasteiger partial charge in [0.25, 0.3) is 5.88 Å². The molecule has 0 spiro atoms. The number of hydrogen-bond acceptors (Lipinski definition) is 4. The second-order valence-corrected chi connectivity index (χ2v) is 5.85. The van der Waals surface area contributed by atoms with Crippen molar-refractivity contribution in [2.45, 2.75) is 25.7 Å². The minimum absolute atomic E-state index is 0. The van der Waals surface area contributed by atoms with Gasteiger partial charge in [-0.05, 0) is 56.8 Å². The summed E-state index contributed by atoms with van der Waals surface area (Å²) in [4.78, 5) is 8.75. The number of benzene rings is 1. The molecule has 1 N–H and O–H groups in total. The number of nitrogens with one attached hydrogen (secondary N) is 1. The predicted molar refractivity (Wildman–Crippen MR) is 92.1 cm³/mol. The van der Waals surface area contributed by atoms with Crippen LogP contribution < -0.4 is 10.1 Å². The predicted octanol–water partition coefficient (Wildman–Crippen LogP) is 3.86. The molecule has 1 aliphatic heterocycles. The average molecular weight is 342 g/mol. The number of aromatic nitrogens is 2. The van der Waals surface area contributed by atoms with Gasteiger partial charge >= 0.3 is 0 Å². The van der Waals surface area contributed by atoms with Crippen molar-refractivity contribution in [3.63, 3.8) is 0 Å². The summed E-state index contributed by atoms with van der Waals surface area (Å²) < 4.78 is 5.71. The van der Waals surface area contributed by atoms with Crippen molar-refractivity contribution in [3.05, 3.63) is 29.4 Å². The van der Waals surface area contributed by atoms with E-state index < -0.39 is 0 Å². The molecule has 4 nitrogen and oxygen atoms in total. The third-order valence-electron chi connectivity index (χ3n) is 3.95. The van der Waals surface area contributed by atoms with Crippen molar-refractivity contribution < 1.29 is 4.74 Å². The fourth-order valence-corrected chi connectivity index (χ4v) is 2.95. The van der Waals surface area contributed by atoms with E-state index in [0.717, 1.165) is 36.5 Å². The Morgan fingerprint density at radius 3 is 2.55 bits per heavy atom. The highest BCUT2D eigenvalue weighted by Gasteiger charge is 2.13. The maximum atomic E-state index is 6.12. The summed E-state index contributed by atoms with van der Waals surface area (Å²) in [5, 5.41) is 3.73. The summed E-state index contributed by atoms with van der Waals surface area (Å²) >= 11 is 6.12. The van der Waals surface area contributed by atoms with E-state index in [-0.39, 0.29) is 12.4 Å². The minimum atomic E-state index is 0. The third-order valence-corrected chi connectivity index (χ3v) is 4.20. The molecular formula is C16H21Cl2N3O. The van der Waals surface area contributed by atoms with Gasteiger partial charge < -0.3 is 10.1 Å². The van der Waals surface area contributed by atoms with Crippen LogP contribution in [0.5, 0.6) is 5.88 Å². The Hall–Kier alpha value is -1.10. The number of para-hydroxylation sites is 2. The zero-order valence-corrected chi connectivity index (χ0v) is 14.0. The zero-order valence-electron chi connectivity index (χ0n) is 12.4. The fraction of sp³-hybridized carbons (Fsp3) is 0.500. The highest BCUT2D eigenvalue weighted by Crippen LogP contribution is 2.24. The Balaban J connectivity index is 0.00000176. The molecule has 0 unspecified atom stereocenters. The smallest absolute Gasteiger partial charge is 0.252 e. The number of ether oxygens (including phenoxy) is 1. The molecule has 0 amide bonds. The number of nitrogens with zero attached hydrogens (tertiary/aromatic N) is 2. The van der Waals surface area contributed by atoms with Crippen LogP contribution in [0, 0.1) is 5.92 Å². The van der Waals surface area contributed by atoms with Gasteiger partial charge in [0, 0.05) is 0 Å². The minimum Gasteiger partial charge on any atom is -0.475 e. The Labute approximate surface area is 142 Å². The van der Waals surface area contributed by atoms with Gasteiger partial charge in [0.2, 0.25) is 0 Å². The van der Waals surface area contributed by atoms with Crippen LogP contribution in [0.4, 0.5) is 0 Å². The molecule has 0 atom stereocenters. The Kier molecular flexibility index (Phi) is 6.68. The SMILES string of the molecule is Cl.Clc1nc2ccccc2nc1OCCCC1CCNCC1. The lowest BCUT2D eigenvalue weighted by Gasteiger charge is -2.22. The molecule has 1 aliphatic rings. The van der Waals surface area contributed by atoms with Crippen LogP contribution in [0.2, 0.25) is 5.15 Å². The molecule has 6 heteroatoms. The maximum absolute atomic E-state index is 6.12. The molecule has 0 bridgehead atoms. The van der Waals surface area contributed by atoms with Gasteiger partial charge in [-0.2, -0.15) is 0 Å².